The zero-order valence-corrected chi connectivity index (χ0v) is 13.0. The first kappa shape index (κ1) is 13.5. The summed E-state index contributed by atoms with van der Waals surface area (Å²) < 4.78 is 20.9. The fraction of sp³-hybridized carbons (Fsp3) is 0.176. The summed E-state index contributed by atoms with van der Waals surface area (Å²) >= 11 is 6.34. The van der Waals surface area contributed by atoms with Crippen molar-refractivity contribution in [1.82, 2.24) is 9.97 Å². The van der Waals surface area contributed by atoms with Gasteiger partial charge in [0, 0.05) is 11.9 Å². The third-order valence-electron chi connectivity index (χ3n) is 3.55. The average Bonchev–Trinajstić information content (AvgIpc) is 2.47. The second-order valence-corrected chi connectivity index (χ2v) is 5.56. The predicted octanol–water partition coefficient (Wildman–Crippen LogP) is 4.30. The van der Waals surface area contributed by atoms with Gasteiger partial charge < -0.3 is 4.90 Å². The molecule has 2 aromatic heterocycles. The smallest absolute Gasteiger partial charge is 0.141 e. The zero-order chi connectivity index (χ0) is 16.6. The molecule has 0 radical (unpaired) electrons. The van der Waals surface area contributed by atoms with Crippen LogP contribution in [0.15, 0.2) is 53.4 Å². The molecule has 2 aromatic rings. The van der Waals surface area contributed by atoms with Gasteiger partial charge in [-0.3, -0.25) is 4.98 Å². The summed E-state index contributed by atoms with van der Waals surface area (Å²) in [4.78, 5) is 9.99. The van der Waals surface area contributed by atoms with Crippen LogP contribution in [0.3, 0.4) is 0 Å². The third kappa shape index (κ3) is 2.88. The van der Waals surface area contributed by atoms with Crippen LogP contribution in [0.25, 0.3) is 5.57 Å². The molecule has 0 saturated heterocycles. The van der Waals surface area contributed by atoms with Crippen LogP contribution in [0.4, 0.5) is 10.2 Å². The van der Waals surface area contributed by atoms with E-state index >= 15 is 0 Å². The molecule has 0 aromatic carbocycles. The number of anilines is 1. The number of aromatic nitrogens is 2. The molecule has 1 aliphatic rings. The molecule has 0 aliphatic carbocycles. The van der Waals surface area contributed by atoms with E-state index in [4.69, 9.17) is 13.0 Å². The predicted molar refractivity (Wildman–Crippen MR) is 87.0 cm³/mol. The highest BCUT2D eigenvalue weighted by Crippen LogP contribution is 2.32. The molecule has 0 atom stereocenters. The Balaban J connectivity index is 2.01. The highest BCUT2D eigenvalue weighted by atomic mass is 35.5. The van der Waals surface area contributed by atoms with Crippen molar-refractivity contribution < 1.29 is 5.76 Å². The highest BCUT2D eigenvalue weighted by Gasteiger charge is 2.20. The third-order valence-corrected chi connectivity index (χ3v) is 3.86. The van der Waals surface area contributed by atoms with Crippen LogP contribution >= 0.6 is 11.6 Å². The zero-order valence-electron chi connectivity index (χ0n) is 13.3. The molecule has 3 nitrogen and oxygen atoms in total. The van der Waals surface area contributed by atoms with Crippen molar-refractivity contribution in [2.45, 2.75) is 13.8 Å². The van der Waals surface area contributed by atoms with E-state index < -0.39 is 0 Å². The lowest BCUT2D eigenvalue weighted by molar-refractivity contribution is 0.621. The molecule has 0 spiro atoms. The first-order chi connectivity index (χ1) is 10.9. The minimum absolute atomic E-state index is 0.229. The summed E-state index contributed by atoms with van der Waals surface area (Å²) in [6, 6.07) is 6.63. The van der Waals surface area contributed by atoms with E-state index in [0.29, 0.717) is 17.5 Å². The molecule has 0 saturated carbocycles. The highest BCUT2D eigenvalue weighted by molar-refractivity contribution is 6.31. The van der Waals surface area contributed by atoms with Crippen LogP contribution in [0.5, 0.6) is 0 Å². The van der Waals surface area contributed by atoms with Crippen molar-refractivity contribution >= 4 is 23.0 Å². The number of pyridine rings is 2. The lowest BCUT2D eigenvalue weighted by atomic mass is 9.98. The largest absolute Gasteiger partial charge is 0.312 e. The van der Waals surface area contributed by atoms with Gasteiger partial charge in [0.25, 0.3) is 0 Å². The van der Waals surface area contributed by atoms with Gasteiger partial charge in [0.2, 0.25) is 0 Å². The summed E-state index contributed by atoms with van der Waals surface area (Å²) in [5.74, 6) is 0.191. The Labute approximate surface area is 135 Å². The van der Waals surface area contributed by atoms with Gasteiger partial charge in [-0.2, -0.15) is 0 Å². The maximum Gasteiger partial charge on any atom is 0.141 e. The Hall–Kier alpha value is -2.20. The minimum Gasteiger partial charge on any atom is -0.312 e. The van der Waals surface area contributed by atoms with Gasteiger partial charge in [-0.05, 0) is 60.9 Å². The van der Waals surface area contributed by atoms with Crippen molar-refractivity contribution in [1.29, 1.82) is 0 Å². The molecule has 0 fully saturated rings. The lowest BCUT2D eigenvalue weighted by Gasteiger charge is -2.29. The first-order valence-corrected chi connectivity index (χ1v) is 7.23. The van der Waals surface area contributed by atoms with Crippen molar-refractivity contribution in [3.05, 3.63) is 70.5 Å². The Bertz CT molecular complexity index is 795. The lowest BCUT2D eigenvalue weighted by Crippen LogP contribution is -2.26. The molecule has 3 heterocycles. The fourth-order valence-corrected chi connectivity index (χ4v) is 2.73. The summed E-state index contributed by atoms with van der Waals surface area (Å²) in [7, 11) is 0. The molecule has 0 N–H and O–H groups in total. The molecule has 1 aliphatic heterocycles. The second-order valence-electron chi connectivity index (χ2n) is 5.18. The molecule has 0 unspecified atom stereocenters. The molecular weight excluding hydrogens is 301 g/mol. The van der Waals surface area contributed by atoms with E-state index in [0.717, 1.165) is 22.4 Å². The van der Waals surface area contributed by atoms with Gasteiger partial charge in [0.1, 0.15) is 16.8 Å². The van der Waals surface area contributed by atoms with Crippen molar-refractivity contribution in [2.75, 3.05) is 11.4 Å². The van der Waals surface area contributed by atoms with Gasteiger partial charge in [-0.15, -0.1) is 0 Å². The average molecular weight is 317 g/mol. The Morgan fingerprint density at radius 2 is 2.09 bits per heavy atom. The monoisotopic (exact) mass is 316 g/mol. The quantitative estimate of drug-likeness (QED) is 0.774. The van der Waals surface area contributed by atoms with Crippen molar-refractivity contribution in [2.24, 2.45) is 0 Å². The van der Waals surface area contributed by atoms with Crippen molar-refractivity contribution in [3.8, 4) is 0 Å². The maximum absolute atomic E-state index is 13.1. The molecule has 3 rings (SSSR count). The van der Waals surface area contributed by atoms with E-state index in [1.165, 1.54) is 12.3 Å². The molecule has 22 heavy (non-hydrogen) atoms. The van der Waals surface area contributed by atoms with Gasteiger partial charge >= 0.3 is 0 Å². The van der Waals surface area contributed by atoms with E-state index in [1.807, 2.05) is 30.9 Å². The number of aryl methyl sites for hydroxylation is 1. The number of halogens is 2. The van der Waals surface area contributed by atoms with Crippen LogP contribution in [0.1, 0.15) is 19.6 Å². The van der Waals surface area contributed by atoms with Crippen molar-refractivity contribution in [3.63, 3.8) is 0 Å². The van der Waals surface area contributed by atoms with Crippen LogP contribution in [-0.2, 0) is 0 Å². The fourth-order valence-electron chi connectivity index (χ4n) is 2.42. The van der Waals surface area contributed by atoms with Gasteiger partial charge in [-0.25, -0.2) is 9.37 Å². The van der Waals surface area contributed by atoms with Crippen LogP contribution in [0, 0.1) is 12.7 Å². The summed E-state index contributed by atoms with van der Waals surface area (Å²) in [6.07, 6.45) is 3.25. The number of allylic oxidation sites excluding steroid dienone is 2. The second kappa shape index (κ2) is 5.89. The van der Waals surface area contributed by atoms with Gasteiger partial charge in [0.15, 0.2) is 0 Å². The molecule has 0 bridgehead atoms. The van der Waals surface area contributed by atoms with E-state index in [9.17, 15) is 4.39 Å². The van der Waals surface area contributed by atoms with Crippen LogP contribution in [0.2, 0.25) is 0 Å². The van der Waals surface area contributed by atoms with Gasteiger partial charge in [-0.1, -0.05) is 11.6 Å². The molecular formula is C17H15ClFN3. The van der Waals surface area contributed by atoms with Crippen LogP contribution in [-0.4, -0.2) is 16.5 Å². The number of nitrogens with zero attached hydrogens (tertiary/aromatic N) is 3. The van der Waals surface area contributed by atoms with E-state index in [1.54, 1.807) is 12.1 Å². The summed E-state index contributed by atoms with van der Waals surface area (Å²) in [5.41, 5.74) is 3.80. The van der Waals surface area contributed by atoms with E-state index in [2.05, 4.69) is 9.97 Å². The van der Waals surface area contributed by atoms with E-state index in [-0.39, 0.29) is 12.0 Å². The van der Waals surface area contributed by atoms with Crippen LogP contribution < -0.4 is 4.90 Å². The minimum atomic E-state index is -0.388. The Morgan fingerprint density at radius 3 is 2.77 bits per heavy atom. The number of hydrogen-bond acceptors (Lipinski definition) is 3. The SMILES string of the molecule is [2H]c1cc(C2=C(C)C=C(Cl)N(c3ccc(F)cn3)C2)cc(C)n1. The number of hydrogen-bond donors (Lipinski definition) is 0. The standard InChI is InChI=1S/C17H15ClFN3/c1-11-7-16(18)22(17-4-3-14(19)9-21-17)10-15(11)13-5-6-20-12(2)8-13/h3-9H,10H2,1-2H3/i6D. The Kier molecular flexibility index (Phi) is 3.60. The Morgan fingerprint density at radius 1 is 1.27 bits per heavy atom. The first-order valence-electron chi connectivity index (χ1n) is 7.36. The normalized spacial score (nSPS) is 15.7. The molecule has 5 heteroatoms. The van der Waals surface area contributed by atoms with Gasteiger partial charge in [0.05, 0.1) is 14.1 Å². The number of rotatable bonds is 2. The summed E-state index contributed by atoms with van der Waals surface area (Å²) in [5, 5.41) is 0.530. The topological polar surface area (TPSA) is 29.0 Å². The molecule has 0 amide bonds. The molecule has 112 valence electrons. The maximum atomic E-state index is 13.1. The summed E-state index contributed by atoms with van der Waals surface area (Å²) in [6.45, 7) is 4.34.